The molecule has 0 fully saturated rings. The zero-order valence-corrected chi connectivity index (χ0v) is 12.9. The SMILES string of the molecule is CC(=O)C(S)c1nc2ccccc2nc1C(S)C(C)=O. The summed E-state index contributed by atoms with van der Waals surface area (Å²) in [5.41, 5.74) is 2.12. The molecular formula is C14H14N2O2S2. The van der Waals surface area contributed by atoms with Crippen molar-refractivity contribution in [3.8, 4) is 0 Å². The Kier molecular flexibility index (Phi) is 4.45. The van der Waals surface area contributed by atoms with Crippen molar-refractivity contribution >= 4 is 47.9 Å². The Labute approximate surface area is 127 Å². The molecule has 0 aliphatic heterocycles. The van der Waals surface area contributed by atoms with Gasteiger partial charge in [0.15, 0.2) is 0 Å². The summed E-state index contributed by atoms with van der Waals surface area (Å²) >= 11 is 8.55. The van der Waals surface area contributed by atoms with Crippen LogP contribution < -0.4 is 0 Å². The lowest BCUT2D eigenvalue weighted by Crippen LogP contribution is -2.14. The molecule has 0 saturated carbocycles. The predicted octanol–water partition coefficient (Wildman–Crippen LogP) is 2.75. The van der Waals surface area contributed by atoms with Gasteiger partial charge < -0.3 is 0 Å². The van der Waals surface area contributed by atoms with Crippen molar-refractivity contribution in [3.63, 3.8) is 0 Å². The van der Waals surface area contributed by atoms with Crippen molar-refractivity contribution < 1.29 is 9.59 Å². The van der Waals surface area contributed by atoms with Gasteiger partial charge in [-0.15, -0.1) is 0 Å². The predicted molar refractivity (Wildman–Crippen MR) is 84.4 cm³/mol. The van der Waals surface area contributed by atoms with Crippen molar-refractivity contribution in [2.24, 2.45) is 0 Å². The molecule has 0 amide bonds. The molecule has 1 aromatic carbocycles. The second kappa shape index (κ2) is 5.93. The number of hydrogen-bond acceptors (Lipinski definition) is 6. The maximum Gasteiger partial charge on any atom is 0.148 e. The number of carbonyl (C=O) groups excluding carboxylic acids is 2. The summed E-state index contributed by atoms with van der Waals surface area (Å²) in [5, 5.41) is -1.42. The standard InChI is InChI=1S/C14H14N2O2S2/c1-7(17)13(19)11-12(14(20)8(2)18)16-10-6-4-3-5-9(10)15-11/h3-6,13-14,19-20H,1-2H3. The summed E-state index contributed by atoms with van der Waals surface area (Å²) in [7, 11) is 0. The molecule has 2 rings (SSSR count). The number of hydrogen-bond donors (Lipinski definition) is 2. The van der Waals surface area contributed by atoms with Gasteiger partial charge in [-0.3, -0.25) is 9.59 Å². The molecule has 20 heavy (non-hydrogen) atoms. The third kappa shape index (κ3) is 2.86. The zero-order valence-electron chi connectivity index (χ0n) is 11.1. The molecule has 1 aromatic heterocycles. The monoisotopic (exact) mass is 306 g/mol. The molecule has 0 radical (unpaired) electrons. The van der Waals surface area contributed by atoms with Gasteiger partial charge in [-0.1, -0.05) is 12.1 Å². The molecule has 104 valence electrons. The lowest BCUT2D eigenvalue weighted by atomic mass is 10.1. The van der Waals surface area contributed by atoms with Crippen LogP contribution in [0.4, 0.5) is 0 Å². The van der Waals surface area contributed by atoms with E-state index < -0.39 is 10.5 Å². The second-order valence-electron chi connectivity index (χ2n) is 4.51. The molecular weight excluding hydrogens is 292 g/mol. The Bertz CT molecular complexity index is 629. The molecule has 0 aliphatic rings. The van der Waals surface area contributed by atoms with Crippen molar-refractivity contribution in [1.82, 2.24) is 9.97 Å². The molecule has 0 bridgehead atoms. The van der Waals surface area contributed by atoms with Crippen molar-refractivity contribution in [2.45, 2.75) is 24.3 Å². The number of thiol groups is 2. The average Bonchev–Trinajstić information content (AvgIpc) is 2.44. The highest BCUT2D eigenvalue weighted by Gasteiger charge is 2.25. The van der Waals surface area contributed by atoms with Crippen molar-refractivity contribution in [1.29, 1.82) is 0 Å². The van der Waals surface area contributed by atoms with Gasteiger partial charge in [0.05, 0.1) is 22.4 Å². The minimum absolute atomic E-state index is 0.150. The third-order valence-corrected chi connectivity index (χ3v) is 4.13. The maximum atomic E-state index is 11.6. The molecule has 0 spiro atoms. The fourth-order valence-electron chi connectivity index (χ4n) is 1.81. The lowest BCUT2D eigenvalue weighted by Gasteiger charge is -2.15. The number of benzene rings is 1. The molecule has 2 aromatic rings. The van der Waals surface area contributed by atoms with E-state index in [4.69, 9.17) is 0 Å². The van der Waals surface area contributed by atoms with Crippen LogP contribution in [0.15, 0.2) is 24.3 Å². The zero-order chi connectivity index (χ0) is 14.9. The molecule has 2 atom stereocenters. The average molecular weight is 306 g/mol. The van der Waals surface area contributed by atoms with Crippen LogP contribution in [0.3, 0.4) is 0 Å². The largest absolute Gasteiger partial charge is 0.298 e. The van der Waals surface area contributed by atoms with Gasteiger partial charge in [0, 0.05) is 0 Å². The summed E-state index contributed by atoms with van der Waals surface area (Å²) < 4.78 is 0. The van der Waals surface area contributed by atoms with Crippen LogP contribution in [-0.4, -0.2) is 21.5 Å². The van der Waals surface area contributed by atoms with E-state index in [1.54, 1.807) is 12.1 Å². The van der Waals surface area contributed by atoms with Crippen LogP contribution >= 0.6 is 25.3 Å². The molecule has 0 aliphatic carbocycles. The van der Waals surface area contributed by atoms with Crippen LogP contribution in [0.5, 0.6) is 0 Å². The Balaban J connectivity index is 2.70. The highest BCUT2D eigenvalue weighted by Crippen LogP contribution is 2.30. The molecule has 4 nitrogen and oxygen atoms in total. The van der Waals surface area contributed by atoms with Crippen molar-refractivity contribution in [2.75, 3.05) is 0 Å². The topological polar surface area (TPSA) is 59.9 Å². The summed E-state index contributed by atoms with van der Waals surface area (Å²) in [6.07, 6.45) is 0. The van der Waals surface area contributed by atoms with Crippen LogP contribution in [0.25, 0.3) is 11.0 Å². The van der Waals surface area contributed by atoms with Gasteiger partial charge in [0.2, 0.25) is 0 Å². The van der Waals surface area contributed by atoms with E-state index in [0.29, 0.717) is 22.4 Å². The smallest absolute Gasteiger partial charge is 0.148 e. The number of nitrogens with zero attached hydrogens (tertiary/aromatic N) is 2. The molecule has 0 saturated heterocycles. The third-order valence-electron chi connectivity index (χ3n) is 2.91. The van der Waals surface area contributed by atoms with E-state index in [2.05, 4.69) is 35.2 Å². The molecule has 0 N–H and O–H groups in total. The van der Waals surface area contributed by atoms with Gasteiger partial charge >= 0.3 is 0 Å². The van der Waals surface area contributed by atoms with Gasteiger partial charge in [-0.25, -0.2) is 9.97 Å². The highest BCUT2D eigenvalue weighted by atomic mass is 32.1. The number of aromatic nitrogens is 2. The van der Waals surface area contributed by atoms with Crippen LogP contribution in [0.1, 0.15) is 35.7 Å². The minimum atomic E-state index is -0.712. The van der Waals surface area contributed by atoms with Crippen molar-refractivity contribution in [3.05, 3.63) is 35.7 Å². The van der Waals surface area contributed by atoms with E-state index in [1.165, 1.54) is 13.8 Å². The quantitative estimate of drug-likeness (QED) is 0.853. The van der Waals surface area contributed by atoms with E-state index >= 15 is 0 Å². The first-order valence-corrected chi connectivity index (χ1v) is 7.08. The van der Waals surface area contributed by atoms with Crippen LogP contribution in [0, 0.1) is 0 Å². The Morgan fingerprint density at radius 2 is 1.25 bits per heavy atom. The number of para-hydroxylation sites is 2. The van der Waals surface area contributed by atoms with E-state index in [-0.39, 0.29) is 11.6 Å². The van der Waals surface area contributed by atoms with Crippen LogP contribution in [-0.2, 0) is 9.59 Å². The first-order valence-electron chi connectivity index (χ1n) is 6.05. The normalized spacial score (nSPS) is 14.0. The number of carbonyl (C=O) groups is 2. The second-order valence-corrected chi connectivity index (χ2v) is 5.54. The van der Waals surface area contributed by atoms with Gasteiger partial charge in [0.1, 0.15) is 22.1 Å². The first-order chi connectivity index (χ1) is 9.41. The Hall–Kier alpha value is -1.40. The minimum Gasteiger partial charge on any atom is -0.298 e. The number of fused-ring (bicyclic) bond motifs is 1. The van der Waals surface area contributed by atoms with E-state index in [9.17, 15) is 9.59 Å². The summed E-state index contributed by atoms with van der Waals surface area (Å²) in [6, 6.07) is 7.28. The van der Waals surface area contributed by atoms with E-state index in [1.807, 2.05) is 12.1 Å². The highest BCUT2D eigenvalue weighted by molar-refractivity contribution is 7.81. The fraction of sp³-hybridized carbons (Fsp3) is 0.286. The van der Waals surface area contributed by atoms with E-state index in [0.717, 1.165) is 0 Å². The Morgan fingerprint density at radius 3 is 1.55 bits per heavy atom. The Morgan fingerprint density at radius 1 is 0.900 bits per heavy atom. The number of Topliss-reactive ketones (excluding diaryl/α,β-unsaturated/α-hetero) is 2. The molecule has 6 heteroatoms. The molecule has 1 heterocycles. The van der Waals surface area contributed by atoms with Crippen LogP contribution in [0.2, 0.25) is 0 Å². The maximum absolute atomic E-state index is 11.6. The molecule has 2 unspecified atom stereocenters. The lowest BCUT2D eigenvalue weighted by molar-refractivity contribution is -0.117. The van der Waals surface area contributed by atoms with Gasteiger partial charge in [0.25, 0.3) is 0 Å². The number of ketones is 2. The number of rotatable bonds is 4. The first kappa shape index (κ1) is 15.0. The summed E-state index contributed by atoms with van der Waals surface area (Å²) in [4.78, 5) is 32.0. The van der Waals surface area contributed by atoms with Gasteiger partial charge in [-0.05, 0) is 26.0 Å². The van der Waals surface area contributed by atoms with Gasteiger partial charge in [-0.2, -0.15) is 25.3 Å². The summed E-state index contributed by atoms with van der Waals surface area (Å²) in [5.74, 6) is -0.300. The fourth-order valence-corrected chi connectivity index (χ4v) is 2.19. The summed E-state index contributed by atoms with van der Waals surface area (Å²) in [6.45, 7) is 2.86.